The molecule has 0 aromatic heterocycles. The first kappa shape index (κ1) is 28.8. The molecule has 12 heteroatoms. The Morgan fingerprint density at radius 2 is 1.66 bits per heavy atom. The number of hydrogen-bond acceptors (Lipinski definition) is 4. The van der Waals surface area contributed by atoms with Crippen molar-refractivity contribution in [2.24, 2.45) is 0 Å². The zero-order chi connectivity index (χ0) is 26.5. The fraction of sp³-hybridized carbons (Fsp3) is 0.391. The number of nitrogens with one attached hydrogen (secondary N) is 1. The number of benzene rings is 2. The molecule has 2 amide bonds. The smallest absolute Gasteiger partial charge is 0.244 e. The molecular formula is C23H27Cl2F2N3O4S. The zero-order valence-corrected chi connectivity index (χ0v) is 22.0. The summed E-state index contributed by atoms with van der Waals surface area (Å²) in [5.41, 5.74) is 0.123. The normalized spacial score (nSPS) is 13.1. The van der Waals surface area contributed by atoms with E-state index in [0.29, 0.717) is 22.4 Å². The number of nitrogens with zero attached hydrogens (tertiary/aromatic N) is 2. The molecule has 7 nitrogen and oxygen atoms in total. The van der Waals surface area contributed by atoms with Crippen molar-refractivity contribution in [2.45, 2.75) is 45.8 Å². The third kappa shape index (κ3) is 7.52. The Morgan fingerprint density at radius 3 is 2.17 bits per heavy atom. The average molecular weight is 550 g/mol. The average Bonchev–Trinajstić information content (AvgIpc) is 2.77. The maximum Gasteiger partial charge on any atom is 0.244 e. The van der Waals surface area contributed by atoms with Crippen molar-refractivity contribution in [2.75, 3.05) is 17.1 Å². The number of sulfonamides is 1. The summed E-state index contributed by atoms with van der Waals surface area (Å²) in [4.78, 5) is 27.4. The number of carbonyl (C=O) groups excluding carboxylic acids is 2. The van der Waals surface area contributed by atoms with Crippen molar-refractivity contribution in [1.82, 2.24) is 10.2 Å². The van der Waals surface area contributed by atoms with Gasteiger partial charge in [0.25, 0.3) is 0 Å². The Hall–Kier alpha value is -2.43. The van der Waals surface area contributed by atoms with Crippen LogP contribution in [0.5, 0.6) is 0 Å². The Bertz CT molecular complexity index is 1180. The molecule has 0 saturated heterocycles. The van der Waals surface area contributed by atoms with E-state index in [1.165, 1.54) is 6.92 Å². The van der Waals surface area contributed by atoms with Crippen LogP contribution >= 0.6 is 23.2 Å². The fourth-order valence-corrected chi connectivity index (χ4v) is 4.51. The molecule has 0 aliphatic carbocycles. The molecule has 2 rings (SSSR count). The van der Waals surface area contributed by atoms with Gasteiger partial charge in [0, 0.05) is 34.3 Å². The molecule has 0 heterocycles. The monoisotopic (exact) mass is 549 g/mol. The van der Waals surface area contributed by atoms with Crippen LogP contribution in [0.4, 0.5) is 14.5 Å². The second-order valence-corrected chi connectivity index (χ2v) is 10.8. The van der Waals surface area contributed by atoms with Gasteiger partial charge in [0.05, 0.1) is 11.9 Å². The second kappa shape index (κ2) is 12.0. The van der Waals surface area contributed by atoms with Crippen LogP contribution in [0.1, 0.15) is 32.8 Å². The minimum absolute atomic E-state index is 0.166. The summed E-state index contributed by atoms with van der Waals surface area (Å²) < 4.78 is 52.8. The van der Waals surface area contributed by atoms with Gasteiger partial charge in [-0.2, -0.15) is 0 Å². The quantitative estimate of drug-likeness (QED) is 0.476. The standard InChI is InChI=1S/C23H27Cl2F2N3O4S/c1-5-14(2)28-23(32)15(3)29(12-17-18(24)7-6-8-19(17)25)22(31)13-30(35(4,33)34)16-9-10-20(26)21(27)11-16/h6-11,14-15H,5,12-13H2,1-4H3,(H,28,32)/t14-,15-/m1/s1. The summed E-state index contributed by atoms with van der Waals surface area (Å²) in [6.45, 7) is 4.21. The number of rotatable bonds is 10. The van der Waals surface area contributed by atoms with Crippen LogP contribution in [0.15, 0.2) is 36.4 Å². The first-order valence-corrected chi connectivity index (χ1v) is 13.3. The van der Waals surface area contributed by atoms with E-state index in [1.54, 1.807) is 25.1 Å². The van der Waals surface area contributed by atoms with Crippen molar-refractivity contribution >= 4 is 50.7 Å². The topological polar surface area (TPSA) is 86.8 Å². The van der Waals surface area contributed by atoms with Crippen LogP contribution in [-0.4, -0.2) is 50.0 Å². The second-order valence-electron chi connectivity index (χ2n) is 8.08. The highest BCUT2D eigenvalue weighted by atomic mass is 35.5. The molecule has 2 aromatic rings. The lowest BCUT2D eigenvalue weighted by atomic mass is 10.1. The van der Waals surface area contributed by atoms with Gasteiger partial charge in [0.2, 0.25) is 21.8 Å². The molecular weight excluding hydrogens is 523 g/mol. The fourth-order valence-electron chi connectivity index (χ4n) is 3.16. The van der Waals surface area contributed by atoms with Gasteiger partial charge in [-0.15, -0.1) is 0 Å². The lowest BCUT2D eigenvalue weighted by molar-refractivity contribution is -0.139. The molecule has 1 N–H and O–H groups in total. The summed E-state index contributed by atoms with van der Waals surface area (Å²) >= 11 is 12.5. The van der Waals surface area contributed by atoms with E-state index in [2.05, 4.69) is 5.32 Å². The molecule has 0 aliphatic heterocycles. The predicted octanol–water partition coefficient (Wildman–Crippen LogP) is 4.37. The molecule has 0 radical (unpaired) electrons. The maximum atomic E-state index is 13.8. The molecule has 0 unspecified atom stereocenters. The van der Waals surface area contributed by atoms with E-state index < -0.39 is 46.1 Å². The summed E-state index contributed by atoms with van der Waals surface area (Å²) in [7, 11) is -4.09. The van der Waals surface area contributed by atoms with Crippen LogP contribution in [0, 0.1) is 11.6 Å². The van der Waals surface area contributed by atoms with Gasteiger partial charge in [0.15, 0.2) is 11.6 Å². The molecule has 192 valence electrons. The molecule has 2 aromatic carbocycles. The molecule has 2 atom stereocenters. The van der Waals surface area contributed by atoms with E-state index in [4.69, 9.17) is 23.2 Å². The van der Waals surface area contributed by atoms with E-state index in [0.717, 1.165) is 23.3 Å². The number of carbonyl (C=O) groups is 2. The Labute approximate surface area is 214 Å². The van der Waals surface area contributed by atoms with Gasteiger partial charge in [-0.25, -0.2) is 17.2 Å². The van der Waals surface area contributed by atoms with Crippen LogP contribution in [0.2, 0.25) is 10.0 Å². The highest BCUT2D eigenvalue weighted by Crippen LogP contribution is 2.27. The van der Waals surface area contributed by atoms with E-state index >= 15 is 0 Å². The summed E-state index contributed by atoms with van der Waals surface area (Å²) in [6, 6.07) is 6.04. The number of hydrogen-bond donors (Lipinski definition) is 1. The maximum absolute atomic E-state index is 13.8. The van der Waals surface area contributed by atoms with Crippen molar-refractivity contribution in [3.8, 4) is 0 Å². The molecule has 0 aliphatic rings. The van der Waals surface area contributed by atoms with E-state index in [-0.39, 0.29) is 28.3 Å². The number of amides is 2. The van der Waals surface area contributed by atoms with Gasteiger partial charge in [-0.1, -0.05) is 36.2 Å². The van der Waals surface area contributed by atoms with Crippen LogP contribution in [0.3, 0.4) is 0 Å². The predicted molar refractivity (Wildman–Crippen MR) is 133 cm³/mol. The van der Waals surface area contributed by atoms with Gasteiger partial charge in [-0.05, 0) is 44.5 Å². The number of halogens is 4. The third-order valence-corrected chi connectivity index (χ3v) is 7.28. The third-order valence-electron chi connectivity index (χ3n) is 5.43. The van der Waals surface area contributed by atoms with Crippen LogP contribution in [-0.2, 0) is 26.2 Å². The highest BCUT2D eigenvalue weighted by Gasteiger charge is 2.31. The highest BCUT2D eigenvalue weighted by molar-refractivity contribution is 7.92. The van der Waals surface area contributed by atoms with Crippen molar-refractivity contribution in [3.05, 3.63) is 63.6 Å². The van der Waals surface area contributed by atoms with Crippen LogP contribution in [0.25, 0.3) is 0 Å². The van der Waals surface area contributed by atoms with Crippen LogP contribution < -0.4 is 9.62 Å². The molecule has 0 fully saturated rings. The lowest BCUT2D eigenvalue weighted by Gasteiger charge is -2.32. The van der Waals surface area contributed by atoms with E-state index in [9.17, 15) is 26.8 Å². The van der Waals surface area contributed by atoms with Gasteiger partial charge in [0.1, 0.15) is 12.6 Å². The van der Waals surface area contributed by atoms with Gasteiger partial charge >= 0.3 is 0 Å². The summed E-state index contributed by atoms with van der Waals surface area (Å²) in [6.07, 6.45) is 1.48. The van der Waals surface area contributed by atoms with Crippen molar-refractivity contribution < 1.29 is 26.8 Å². The number of anilines is 1. The zero-order valence-electron chi connectivity index (χ0n) is 19.7. The van der Waals surface area contributed by atoms with Gasteiger partial charge in [-0.3, -0.25) is 13.9 Å². The minimum Gasteiger partial charge on any atom is -0.352 e. The first-order valence-electron chi connectivity index (χ1n) is 10.7. The molecule has 0 spiro atoms. The molecule has 0 saturated carbocycles. The Kier molecular flexibility index (Phi) is 9.88. The SMILES string of the molecule is CC[C@@H](C)NC(=O)[C@@H](C)N(Cc1c(Cl)cccc1Cl)C(=O)CN(c1ccc(F)c(F)c1)S(C)(=O)=O. The molecule has 35 heavy (non-hydrogen) atoms. The van der Waals surface area contributed by atoms with E-state index in [1.807, 2.05) is 6.92 Å². The Balaban J connectivity index is 2.47. The van der Waals surface area contributed by atoms with Crippen molar-refractivity contribution in [1.29, 1.82) is 0 Å². The lowest BCUT2D eigenvalue weighted by Crippen LogP contribution is -2.52. The molecule has 0 bridgehead atoms. The van der Waals surface area contributed by atoms with Crippen molar-refractivity contribution in [3.63, 3.8) is 0 Å². The Morgan fingerprint density at radius 1 is 1.06 bits per heavy atom. The summed E-state index contributed by atoms with van der Waals surface area (Å²) in [5, 5.41) is 3.30. The first-order chi connectivity index (χ1) is 16.3. The minimum atomic E-state index is -4.09. The van der Waals surface area contributed by atoms with Gasteiger partial charge < -0.3 is 10.2 Å². The largest absolute Gasteiger partial charge is 0.352 e. The summed E-state index contributed by atoms with van der Waals surface area (Å²) in [5.74, 6) is -3.68.